The Labute approximate surface area is 144 Å². The average Bonchev–Trinajstić information content (AvgIpc) is 2.65. The van der Waals surface area contributed by atoms with Gasteiger partial charge in [0.25, 0.3) is 5.56 Å². The standard InChI is InChI=1S/C21H16N2O2/c1-23-19-9-5-4-8-17(19)22-18(21(23)25)13-20(24)16-11-10-14-6-2-3-7-15(14)12-16/h2-13,24H,1H3/b20-13-. The van der Waals surface area contributed by atoms with E-state index in [2.05, 4.69) is 4.98 Å². The van der Waals surface area contributed by atoms with Gasteiger partial charge in [0.1, 0.15) is 11.5 Å². The van der Waals surface area contributed by atoms with Crippen LogP contribution in [0.4, 0.5) is 0 Å². The van der Waals surface area contributed by atoms with Crippen LogP contribution >= 0.6 is 0 Å². The van der Waals surface area contributed by atoms with E-state index in [1.165, 1.54) is 6.08 Å². The number of aryl methyl sites for hydroxylation is 1. The molecule has 0 aliphatic carbocycles. The summed E-state index contributed by atoms with van der Waals surface area (Å²) in [6, 6.07) is 21.0. The first kappa shape index (κ1) is 15.1. The zero-order valence-corrected chi connectivity index (χ0v) is 13.7. The topological polar surface area (TPSA) is 55.1 Å². The van der Waals surface area contributed by atoms with Crippen molar-refractivity contribution in [3.8, 4) is 0 Å². The van der Waals surface area contributed by atoms with E-state index in [1.807, 2.05) is 66.7 Å². The predicted octanol–water partition coefficient (Wildman–Crippen LogP) is 4.14. The molecule has 0 aliphatic heterocycles. The maximum Gasteiger partial charge on any atom is 0.276 e. The summed E-state index contributed by atoms with van der Waals surface area (Å²) in [7, 11) is 1.71. The normalized spacial score (nSPS) is 12.0. The lowest BCUT2D eigenvalue weighted by atomic mass is 10.1. The van der Waals surface area contributed by atoms with Gasteiger partial charge >= 0.3 is 0 Å². The second-order valence-electron chi connectivity index (χ2n) is 5.94. The van der Waals surface area contributed by atoms with Gasteiger partial charge < -0.3 is 9.67 Å². The Morgan fingerprint density at radius 2 is 1.72 bits per heavy atom. The maximum atomic E-state index is 12.5. The van der Waals surface area contributed by atoms with Crippen LogP contribution < -0.4 is 5.56 Å². The summed E-state index contributed by atoms with van der Waals surface area (Å²) >= 11 is 0. The summed E-state index contributed by atoms with van der Waals surface area (Å²) in [5, 5.41) is 12.6. The minimum absolute atomic E-state index is 0.0191. The lowest BCUT2D eigenvalue weighted by molar-refractivity contribution is 0.515. The van der Waals surface area contributed by atoms with Gasteiger partial charge in [-0.15, -0.1) is 0 Å². The van der Waals surface area contributed by atoms with Crippen molar-refractivity contribution in [1.82, 2.24) is 9.55 Å². The van der Waals surface area contributed by atoms with E-state index in [0.29, 0.717) is 11.1 Å². The number of aliphatic hydroxyl groups is 1. The average molecular weight is 328 g/mol. The first-order valence-electron chi connectivity index (χ1n) is 7.99. The molecule has 3 aromatic carbocycles. The lowest BCUT2D eigenvalue weighted by Crippen LogP contribution is -2.21. The minimum Gasteiger partial charge on any atom is -0.507 e. The first-order valence-corrected chi connectivity index (χ1v) is 7.99. The van der Waals surface area contributed by atoms with Crippen molar-refractivity contribution in [3.05, 3.63) is 88.3 Å². The molecule has 4 rings (SSSR count). The summed E-state index contributed by atoms with van der Waals surface area (Å²) in [5.41, 5.74) is 2.09. The van der Waals surface area contributed by atoms with Crippen LogP contribution in [0.5, 0.6) is 0 Å². The van der Waals surface area contributed by atoms with Crippen LogP contribution in [0.25, 0.3) is 33.6 Å². The van der Waals surface area contributed by atoms with Gasteiger partial charge in [0, 0.05) is 18.7 Å². The molecule has 0 spiro atoms. The van der Waals surface area contributed by atoms with Crippen LogP contribution in [0.3, 0.4) is 0 Å². The third-order valence-corrected chi connectivity index (χ3v) is 4.33. The molecule has 25 heavy (non-hydrogen) atoms. The number of para-hydroxylation sites is 2. The van der Waals surface area contributed by atoms with Crippen LogP contribution in [-0.2, 0) is 7.05 Å². The molecule has 0 fully saturated rings. The van der Waals surface area contributed by atoms with Gasteiger partial charge in [-0.1, -0.05) is 48.5 Å². The summed E-state index contributed by atoms with van der Waals surface area (Å²) in [6.45, 7) is 0. The third kappa shape index (κ3) is 2.68. The van der Waals surface area contributed by atoms with Gasteiger partial charge in [0.15, 0.2) is 0 Å². The quantitative estimate of drug-likeness (QED) is 0.563. The van der Waals surface area contributed by atoms with E-state index >= 15 is 0 Å². The molecule has 0 saturated carbocycles. The van der Waals surface area contributed by atoms with Crippen molar-refractivity contribution in [2.45, 2.75) is 0 Å². The fourth-order valence-corrected chi connectivity index (χ4v) is 2.96. The summed E-state index contributed by atoms with van der Waals surface area (Å²) in [4.78, 5) is 16.9. The van der Waals surface area contributed by atoms with Gasteiger partial charge in [-0.25, -0.2) is 4.98 Å². The van der Waals surface area contributed by atoms with Crippen molar-refractivity contribution in [2.75, 3.05) is 0 Å². The molecule has 1 N–H and O–H groups in total. The molecular weight excluding hydrogens is 312 g/mol. The molecule has 122 valence electrons. The van der Waals surface area contributed by atoms with E-state index in [-0.39, 0.29) is 17.0 Å². The molecular formula is C21H16N2O2. The van der Waals surface area contributed by atoms with Crippen LogP contribution in [-0.4, -0.2) is 14.7 Å². The molecule has 4 aromatic rings. The number of fused-ring (bicyclic) bond motifs is 2. The second-order valence-corrected chi connectivity index (χ2v) is 5.94. The smallest absolute Gasteiger partial charge is 0.276 e. The largest absolute Gasteiger partial charge is 0.507 e. The number of rotatable bonds is 2. The molecule has 0 atom stereocenters. The van der Waals surface area contributed by atoms with Crippen molar-refractivity contribution in [2.24, 2.45) is 7.05 Å². The van der Waals surface area contributed by atoms with Gasteiger partial charge in [0.05, 0.1) is 11.0 Å². The van der Waals surface area contributed by atoms with Crippen molar-refractivity contribution < 1.29 is 5.11 Å². The highest BCUT2D eigenvalue weighted by atomic mass is 16.3. The SMILES string of the molecule is Cn1c(=O)c(/C=C(\O)c2ccc3ccccc3c2)nc2ccccc21. The highest BCUT2D eigenvalue weighted by molar-refractivity contribution is 5.88. The monoisotopic (exact) mass is 328 g/mol. The second kappa shape index (κ2) is 5.91. The van der Waals surface area contributed by atoms with Crippen LogP contribution in [0.15, 0.2) is 71.5 Å². The molecule has 1 heterocycles. The Bertz CT molecular complexity index is 1190. The highest BCUT2D eigenvalue weighted by Crippen LogP contribution is 2.21. The third-order valence-electron chi connectivity index (χ3n) is 4.33. The molecule has 1 aromatic heterocycles. The minimum atomic E-state index is -0.244. The Hall–Kier alpha value is -3.40. The van der Waals surface area contributed by atoms with Gasteiger partial charge in [-0.3, -0.25) is 4.79 Å². The predicted molar refractivity (Wildman–Crippen MR) is 101 cm³/mol. The van der Waals surface area contributed by atoms with Crippen LogP contribution in [0, 0.1) is 0 Å². The first-order chi connectivity index (χ1) is 12.1. The molecule has 0 bridgehead atoms. The number of nitrogens with zero attached hydrogens (tertiary/aromatic N) is 2. The molecule has 4 heteroatoms. The number of aliphatic hydroxyl groups excluding tert-OH is 1. The fraction of sp³-hybridized carbons (Fsp3) is 0.0476. The zero-order valence-electron chi connectivity index (χ0n) is 13.7. The molecule has 0 radical (unpaired) electrons. The Kier molecular flexibility index (Phi) is 3.58. The van der Waals surface area contributed by atoms with Crippen LogP contribution in [0.2, 0.25) is 0 Å². The van der Waals surface area contributed by atoms with Gasteiger partial charge in [-0.05, 0) is 29.0 Å². The molecule has 4 nitrogen and oxygen atoms in total. The lowest BCUT2D eigenvalue weighted by Gasteiger charge is -2.07. The van der Waals surface area contributed by atoms with Gasteiger partial charge in [0.2, 0.25) is 0 Å². The maximum absolute atomic E-state index is 12.5. The van der Waals surface area contributed by atoms with E-state index in [0.717, 1.165) is 16.3 Å². The Morgan fingerprint density at radius 3 is 2.56 bits per heavy atom. The number of hydrogen-bond donors (Lipinski definition) is 1. The number of aromatic nitrogens is 2. The highest BCUT2D eigenvalue weighted by Gasteiger charge is 2.08. The van der Waals surface area contributed by atoms with Crippen molar-refractivity contribution >= 4 is 33.6 Å². The van der Waals surface area contributed by atoms with E-state index in [1.54, 1.807) is 11.6 Å². The van der Waals surface area contributed by atoms with Crippen LogP contribution in [0.1, 0.15) is 11.3 Å². The van der Waals surface area contributed by atoms with E-state index in [9.17, 15) is 9.90 Å². The Balaban J connectivity index is 1.85. The summed E-state index contributed by atoms with van der Waals surface area (Å²) in [5.74, 6) is 0.0191. The molecule has 0 unspecified atom stereocenters. The molecule has 0 aliphatic rings. The number of hydrogen-bond acceptors (Lipinski definition) is 3. The Morgan fingerprint density at radius 1 is 1.00 bits per heavy atom. The van der Waals surface area contributed by atoms with Crippen molar-refractivity contribution in [1.29, 1.82) is 0 Å². The van der Waals surface area contributed by atoms with E-state index < -0.39 is 0 Å². The molecule has 0 amide bonds. The fourth-order valence-electron chi connectivity index (χ4n) is 2.96. The summed E-state index contributed by atoms with van der Waals surface area (Å²) < 4.78 is 1.54. The van der Waals surface area contributed by atoms with E-state index in [4.69, 9.17) is 0 Å². The van der Waals surface area contributed by atoms with Crippen molar-refractivity contribution in [3.63, 3.8) is 0 Å². The van der Waals surface area contributed by atoms with Gasteiger partial charge in [-0.2, -0.15) is 0 Å². The molecule has 0 saturated heterocycles. The summed E-state index contributed by atoms with van der Waals surface area (Å²) in [6.07, 6.45) is 1.43. The number of benzene rings is 3. The zero-order chi connectivity index (χ0) is 17.4.